The van der Waals surface area contributed by atoms with Gasteiger partial charge in [0.15, 0.2) is 6.10 Å². The summed E-state index contributed by atoms with van der Waals surface area (Å²) >= 11 is 0. The normalized spacial score (nSPS) is 13.0. The molecule has 0 aliphatic rings. The van der Waals surface area contributed by atoms with E-state index in [0.717, 1.165) is 57.8 Å². The minimum atomic E-state index is -0.805. The lowest BCUT2D eigenvalue weighted by atomic mass is 10.1. The Morgan fingerprint density at radius 2 is 0.898 bits per heavy atom. The molecule has 0 spiro atoms. The van der Waals surface area contributed by atoms with Gasteiger partial charge in [0, 0.05) is 12.8 Å². The van der Waals surface area contributed by atoms with Crippen LogP contribution in [0.2, 0.25) is 0 Å². The summed E-state index contributed by atoms with van der Waals surface area (Å²) in [6.07, 6.45) is 52.5. The molecule has 0 heterocycles. The number of aliphatic hydroxyl groups is 1. The molecule has 0 aliphatic carbocycles. The van der Waals surface area contributed by atoms with Gasteiger partial charge in [0.05, 0.1) is 6.61 Å². The molecule has 0 aliphatic heterocycles. The van der Waals surface area contributed by atoms with Crippen LogP contribution in [0, 0.1) is 0 Å². The van der Waals surface area contributed by atoms with Crippen LogP contribution in [-0.2, 0) is 19.1 Å². The van der Waals surface area contributed by atoms with Crippen LogP contribution in [-0.4, -0.2) is 36.4 Å². The van der Waals surface area contributed by atoms with Gasteiger partial charge in [-0.25, -0.2) is 0 Å². The van der Waals surface area contributed by atoms with Crippen LogP contribution in [0.5, 0.6) is 0 Å². The Kier molecular flexibility index (Phi) is 37.6. The topological polar surface area (TPSA) is 72.8 Å². The molecule has 1 N–H and O–H groups in total. The van der Waals surface area contributed by atoms with E-state index in [1.165, 1.54) is 83.5 Å². The summed E-state index contributed by atoms with van der Waals surface area (Å²) in [6, 6.07) is 0. The van der Waals surface area contributed by atoms with E-state index in [1.54, 1.807) is 0 Å². The number of hydrogen-bond acceptors (Lipinski definition) is 5. The van der Waals surface area contributed by atoms with Crippen molar-refractivity contribution in [1.29, 1.82) is 0 Å². The van der Waals surface area contributed by atoms with Gasteiger partial charge < -0.3 is 14.6 Å². The van der Waals surface area contributed by atoms with E-state index < -0.39 is 6.10 Å². The van der Waals surface area contributed by atoms with Crippen LogP contribution in [0.25, 0.3) is 0 Å². The molecule has 0 amide bonds. The number of carbonyl (C=O) groups is 2. The largest absolute Gasteiger partial charge is 0.462 e. The molecule has 0 radical (unpaired) electrons. The Hall–Kier alpha value is -2.66. The van der Waals surface area contributed by atoms with E-state index in [9.17, 15) is 14.7 Å². The zero-order valence-corrected chi connectivity index (χ0v) is 31.7. The lowest BCUT2D eigenvalue weighted by Gasteiger charge is -2.15. The molecule has 0 aromatic heterocycles. The molecule has 49 heavy (non-hydrogen) atoms. The van der Waals surface area contributed by atoms with E-state index in [4.69, 9.17) is 9.47 Å². The van der Waals surface area contributed by atoms with Crippen molar-refractivity contribution in [2.75, 3.05) is 13.2 Å². The highest BCUT2D eigenvalue weighted by Gasteiger charge is 2.15. The Labute approximate surface area is 302 Å². The predicted octanol–water partition coefficient (Wildman–Crippen LogP) is 12.6. The van der Waals surface area contributed by atoms with E-state index in [0.29, 0.717) is 12.8 Å². The molecule has 0 bridgehead atoms. The van der Waals surface area contributed by atoms with Crippen molar-refractivity contribution in [3.05, 3.63) is 72.9 Å². The van der Waals surface area contributed by atoms with Crippen molar-refractivity contribution >= 4 is 11.9 Å². The van der Waals surface area contributed by atoms with Gasteiger partial charge in [-0.1, -0.05) is 157 Å². The first-order valence-corrected chi connectivity index (χ1v) is 20.0. The number of rotatable bonds is 35. The number of allylic oxidation sites excluding steroid dienone is 12. The highest BCUT2D eigenvalue weighted by Crippen LogP contribution is 2.12. The van der Waals surface area contributed by atoms with E-state index in [-0.39, 0.29) is 31.6 Å². The fourth-order valence-electron chi connectivity index (χ4n) is 5.23. The minimum absolute atomic E-state index is 0.0939. The summed E-state index contributed by atoms with van der Waals surface area (Å²) in [4.78, 5) is 24.2. The zero-order chi connectivity index (χ0) is 35.7. The number of carbonyl (C=O) groups excluding carboxylic acids is 2. The first-order valence-electron chi connectivity index (χ1n) is 20.0. The van der Waals surface area contributed by atoms with E-state index in [2.05, 4.69) is 86.8 Å². The summed E-state index contributed by atoms with van der Waals surface area (Å²) in [5.74, 6) is -0.668. The molecule has 0 fully saturated rings. The average molecular weight is 683 g/mol. The summed E-state index contributed by atoms with van der Waals surface area (Å²) in [5, 5.41) is 9.55. The number of esters is 2. The highest BCUT2D eigenvalue weighted by atomic mass is 16.6. The molecular weight excluding hydrogens is 608 g/mol. The summed E-state index contributed by atoms with van der Waals surface area (Å²) in [5.41, 5.74) is 0. The SMILES string of the molecule is CC/C=C\C/C=C\C/C=C\C/C=C\C/C=C\CCCC(=O)OC(CO)COC(=O)CCCCCCCCC/C=C\CCCCCCCCC. The Morgan fingerprint density at radius 3 is 1.41 bits per heavy atom. The van der Waals surface area contributed by atoms with Crippen LogP contribution >= 0.6 is 0 Å². The number of unbranched alkanes of at least 4 members (excludes halogenated alkanes) is 15. The van der Waals surface area contributed by atoms with Gasteiger partial charge in [0.1, 0.15) is 6.61 Å². The second kappa shape index (κ2) is 39.8. The second-order valence-corrected chi connectivity index (χ2v) is 13.0. The van der Waals surface area contributed by atoms with Gasteiger partial charge in [0.2, 0.25) is 0 Å². The van der Waals surface area contributed by atoms with Crippen molar-refractivity contribution in [3.63, 3.8) is 0 Å². The van der Waals surface area contributed by atoms with E-state index >= 15 is 0 Å². The third-order valence-electron chi connectivity index (χ3n) is 8.23. The van der Waals surface area contributed by atoms with Crippen LogP contribution in [0.4, 0.5) is 0 Å². The van der Waals surface area contributed by atoms with Crippen LogP contribution < -0.4 is 0 Å². The number of ether oxygens (including phenoxy) is 2. The molecule has 1 unspecified atom stereocenters. The predicted molar refractivity (Wildman–Crippen MR) is 210 cm³/mol. The summed E-state index contributed by atoms with van der Waals surface area (Å²) in [6.45, 7) is 3.96. The number of aliphatic hydroxyl groups excluding tert-OH is 1. The molecule has 0 saturated carbocycles. The maximum absolute atomic E-state index is 12.1. The van der Waals surface area contributed by atoms with Crippen molar-refractivity contribution in [3.8, 4) is 0 Å². The van der Waals surface area contributed by atoms with Gasteiger partial charge in [0.25, 0.3) is 0 Å². The number of hydrogen-bond donors (Lipinski definition) is 1. The van der Waals surface area contributed by atoms with Gasteiger partial charge in [-0.05, 0) is 77.0 Å². The van der Waals surface area contributed by atoms with Crippen molar-refractivity contribution in [1.82, 2.24) is 0 Å². The van der Waals surface area contributed by atoms with Crippen LogP contribution in [0.3, 0.4) is 0 Å². The molecular formula is C44H74O5. The van der Waals surface area contributed by atoms with Crippen LogP contribution in [0.1, 0.15) is 174 Å². The lowest BCUT2D eigenvalue weighted by Crippen LogP contribution is -2.28. The molecule has 5 nitrogen and oxygen atoms in total. The minimum Gasteiger partial charge on any atom is -0.462 e. The third kappa shape index (κ3) is 38.0. The van der Waals surface area contributed by atoms with Crippen LogP contribution in [0.15, 0.2) is 72.9 Å². The highest BCUT2D eigenvalue weighted by molar-refractivity contribution is 5.70. The fourth-order valence-corrected chi connectivity index (χ4v) is 5.23. The first kappa shape index (κ1) is 46.3. The molecule has 0 aromatic rings. The standard InChI is InChI=1S/C44H74O5/c1-3-5-7-9-11-13-15-17-19-21-23-24-26-28-30-32-34-36-38-43(46)48-41-42(40-45)49-44(47)39-37-35-33-31-29-27-25-22-20-18-16-14-12-10-8-6-4-2/h6,8,12,14,18-21,25,27,31,33,42,45H,3-5,7,9-11,13,15-17,22-24,26,28-30,32,34-41H2,1-2H3/b8-6-,14-12-,20-18-,21-19-,27-25-,33-31-. The monoisotopic (exact) mass is 683 g/mol. The van der Waals surface area contributed by atoms with Gasteiger partial charge in [-0.15, -0.1) is 0 Å². The summed E-state index contributed by atoms with van der Waals surface area (Å²) < 4.78 is 10.6. The molecule has 5 heteroatoms. The molecule has 280 valence electrons. The Morgan fingerprint density at radius 1 is 0.490 bits per heavy atom. The van der Waals surface area contributed by atoms with Crippen molar-refractivity contribution in [2.24, 2.45) is 0 Å². The maximum Gasteiger partial charge on any atom is 0.306 e. The van der Waals surface area contributed by atoms with Gasteiger partial charge in [-0.3, -0.25) is 9.59 Å². The Bertz CT molecular complexity index is 910. The molecule has 0 saturated heterocycles. The quantitative estimate of drug-likeness (QED) is 0.0409. The van der Waals surface area contributed by atoms with Gasteiger partial charge in [-0.2, -0.15) is 0 Å². The second-order valence-electron chi connectivity index (χ2n) is 13.0. The van der Waals surface area contributed by atoms with Crippen molar-refractivity contribution < 1.29 is 24.2 Å². The van der Waals surface area contributed by atoms with Gasteiger partial charge >= 0.3 is 11.9 Å². The smallest absolute Gasteiger partial charge is 0.306 e. The fraction of sp³-hybridized carbons (Fsp3) is 0.682. The molecule has 0 rings (SSSR count). The van der Waals surface area contributed by atoms with Crippen molar-refractivity contribution in [2.45, 2.75) is 180 Å². The maximum atomic E-state index is 12.1. The zero-order valence-electron chi connectivity index (χ0n) is 31.7. The lowest BCUT2D eigenvalue weighted by molar-refractivity contribution is -0.161. The molecule has 0 aromatic carbocycles. The molecule has 1 atom stereocenters. The van der Waals surface area contributed by atoms with E-state index in [1.807, 2.05) is 0 Å². The summed E-state index contributed by atoms with van der Waals surface area (Å²) in [7, 11) is 0. The first-order chi connectivity index (χ1) is 24.1. The average Bonchev–Trinajstić information content (AvgIpc) is 3.10. The third-order valence-corrected chi connectivity index (χ3v) is 8.23. The Balaban J connectivity index is 3.67.